The van der Waals surface area contributed by atoms with Crippen molar-refractivity contribution in [1.29, 1.82) is 0 Å². The lowest BCUT2D eigenvalue weighted by Crippen LogP contribution is -1.84. The Morgan fingerprint density at radius 1 is 1.00 bits per heavy atom. The molecule has 3 aromatic rings. The summed E-state index contributed by atoms with van der Waals surface area (Å²) in [4.78, 5) is 0. The number of nitrogens with two attached hydrogens (primary N) is 1. The van der Waals surface area contributed by atoms with Crippen molar-refractivity contribution in [2.24, 2.45) is 0 Å². The van der Waals surface area contributed by atoms with Gasteiger partial charge in [0.1, 0.15) is 0 Å². The highest BCUT2D eigenvalue weighted by Crippen LogP contribution is 2.25. The molecule has 0 saturated heterocycles. The number of hydrogen-bond acceptors (Lipinski definition) is 2. The van der Waals surface area contributed by atoms with Crippen LogP contribution in [0.1, 0.15) is 12.5 Å². The van der Waals surface area contributed by atoms with Crippen molar-refractivity contribution in [3.63, 3.8) is 0 Å². The largest absolute Gasteiger partial charge is 0.399 e. The minimum absolute atomic E-state index is 0.756. The van der Waals surface area contributed by atoms with E-state index >= 15 is 0 Å². The molecule has 3 nitrogen and oxygen atoms in total. The second-order valence-corrected chi connectivity index (χ2v) is 4.84. The molecule has 0 aliphatic rings. The van der Waals surface area contributed by atoms with E-state index in [1.807, 2.05) is 24.3 Å². The molecule has 0 spiro atoms. The van der Waals surface area contributed by atoms with Crippen LogP contribution in [0.3, 0.4) is 0 Å². The lowest BCUT2D eigenvalue weighted by molar-refractivity contribution is 1.10. The summed E-state index contributed by atoms with van der Waals surface area (Å²) in [7, 11) is 0. The summed E-state index contributed by atoms with van der Waals surface area (Å²) in [6.45, 7) is 2.15. The Kier molecular flexibility index (Phi) is 3.25. The van der Waals surface area contributed by atoms with Gasteiger partial charge in [0.05, 0.1) is 11.4 Å². The number of hydrogen-bond donors (Lipinski definition) is 2. The first kappa shape index (κ1) is 12.5. The standard InChI is InChI=1S/C17H17N3/c1-2-12-6-8-13(9-7-12)16-11-17(20-19-16)14-4-3-5-15(18)10-14/h3-11H,2,18H2,1H3,(H,19,20). The minimum Gasteiger partial charge on any atom is -0.399 e. The van der Waals surface area contributed by atoms with Gasteiger partial charge in [0.15, 0.2) is 0 Å². The quantitative estimate of drug-likeness (QED) is 0.704. The van der Waals surface area contributed by atoms with E-state index in [9.17, 15) is 0 Å². The smallest absolute Gasteiger partial charge is 0.0927 e. The summed E-state index contributed by atoms with van der Waals surface area (Å²) < 4.78 is 0. The Hall–Kier alpha value is -2.55. The average molecular weight is 263 g/mol. The summed E-state index contributed by atoms with van der Waals surface area (Å²) in [5.74, 6) is 0. The van der Waals surface area contributed by atoms with Crippen LogP contribution in [0.2, 0.25) is 0 Å². The summed E-state index contributed by atoms with van der Waals surface area (Å²) in [5.41, 5.74) is 12.0. The van der Waals surface area contributed by atoms with Gasteiger partial charge in [-0.3, -0.25) is 5.10 Å². The maximum absolute atomic E-state index is 5.81. The van der Waals surface area contributed by atoms with Crippen LogP contribution in [0.15, 0.2) is 54.6 Å². The van der Waals surface area contributed by atoms with E-state index in [1.54, 1.807) is 0 Å². The highest BCUT2D eigenvalue weighted by atomic mass is 15.1. The van der Waals surface area contributed by atoms with Crippen molar-refractivity contribution in [3.8, 4) is 22.5 Å². The van der Waals surface area contributed by atoms with Gasteiger partial charge in [0.2, 0.25) is 0 Å². The molecule has 0 amide bonds. The number of H-pyrrole nitrogens is 1. The van der Waals surface area contributed by atoms with Gasteiger partial charge in [0, 0.05) is 16.8 Å². The van der Waals surface area contributed by atoms with Crippen LogP contribution in [0.4, 0.5) is 5.69 Å². The Labute approximate surface area is 118 Å². The fourth-order valence-corrected chi connectivity index (χ4v) is 2.23. The monoisotopic (exact) mass is 263 g/mol. The van der Waals surface area contributed by atoms with Crippen molar-refractivity contribution in [2.75, 3.05) is 5.73 Å². The predicted octanol–water partition coefficient (Wildman–Crippen LogP) is 3.89. The first-order valence-electron chi connectivity index (χ1n) is 6.77. The van der Waals surface area contributed by atoms with Gasteiger partial charge in [-0.1, -0.05) is 43.3 Å². The molecule has 0 aliphatic heterocycles. The topological polar surface area (TPSA) is 54.7 Å². The van der Waals surface area contributed by atoms with Crippen LogP contribution in [-0.2, 0) is 6.42 Å². The number of rotatable bonds is 3. The summed E-state index contributed by atoms with van der Waals surface area (Å²) in [6, 6.07) is 18.3. The zero-order chi connectivity index (χ0) is 13.9. The number of aryl methyl sites for hydroxylation is 1. The van der Waals surface area contributed by atoms with Crippen LogP contribution in [0, 0.1) is 0 Å². The minimum atomic E-state index is 0.756. The van der Waals surface area contributed by atoms with Crippen molar-refractivity contribution in [3.05, 3.63) is 60.2 Å². The normalized spacial score (nSPS) is 10.7. The molecule has 0 bridgehead atoms. The number of aromatic amines is 1. The molecule has 0 saturated carbocycles. The Bertz CT molecular complexity index is 711. The fourth-order valence-electron chi connectivity index (χ4n) is 2.23. The second kappa shape index (κ2) is 5.21. The molecule has 2 aromatic carbocycles. The Morgan fingerprint density at radius 2 is 1.80 bits per heavy atom. The number of nitrogens with zero attached hydrogens (tertiary/aromatic N) is 1. The third-order valence-corrected chi connectivity index (χ3v) is 3.43. The first-order valence-corrected chi connectivity index (χ1v) is 6.77. The SMILES string of the molecule is CCc1ccc(-c2cc(-c3cccc(N)c3)[nH]n2)cc1. The van der Waals surface area contributed by atoms with Crippen molar-refractivity contribution in [2.45, 2.75) is 13.3 Å². The molecule has 3 rings (SSSR count). The van der Waals surface area contributed by atoms with E-state index in [0.29, 0.717) is 0 Å². The van der Waals surface area contributed by atoms with Crippen LogP contribution < -0.4 is 5.73 Å². The lowest BCUT2D eigenvalue weighted by atomic mass is 10.1. The number of anilines is 1. The maximum atomic E-state index is 5.81. The summed E-state index contributed by atoms with van der Waals surface area (Å²) in [5, 5.41) is 7.45. The molecule has 0 fully saturated rings. The molecule has 1 aromatic heterocycles. The third-order valence-electron chi connectivity index (χ3n) is 3.43. The van der Waals surface area contributed by atoms with Gasteiger partial charge < -0.3 is 5.73 Å². The number of nitrogen functional groups attached to an aromatic ring is 1. The van der Waals surface area contributed by atoms with E-state index in [-0.39, 0.29) is 0 Å². The van der Waals surface area contributed by atoms with E-state index in [4.69, 9.17) is 5.73 Å². The van der Waals surface area contributed by atoms with Crippen LogP contribution >= 0.6 is 0 Å². The van der Waals surface area contributed by atoms with Gasteiger partial charge in [-0.05, 0) is 30.2 Å². The molecule has 3 N–H and O–H groups in total. The molecule has 0 atom stereocenters. The second-order valence-electron chi connectivity index (χ2n) is 4.84. The predicted molar refractivity (Wildman–Crippen MR) is 83.3 cm³/mol. The molecular formula is C17H17N3. The zero-order valence-electron chi connectivity index (χ0n) is 11.4. The highest BCUT2D eigenvalue weighted by molar-refractivity contribution is 5.70. The van der Waals surface area contributed by atoms with Crippen LogP contribution in [0.5, 0.6) is 0 Å². The Balaban J connectivity index is 1.93. The van der Waals surface area contributed by atoms with Gasteiger partial charge in [-0.15, -0.1) is 0 Å². The van der Waals surface area contributed by atoms with E-state index in [2.05, 4.69) is 47.5 Å². The molecule has 1 heterocycles. The average Bonchev–Trinajstić information content (AvgIpc) is 2.97. The number of nitrogens with one attached hydrogen (secondary N) is 1. The van der Waals surface area contributed by atoms with Crippen LogP contribution in [0.25, 0.3) is 22.5 Å². The lowest BCUT2D eigenvalue weighted by Gasteiger charge is -1.99. The van der Waals surface area contributed by atoms with Crippen molar-refractivity contribution in [1.82, 2.24) is 10.2 Å². The Morgan fingerprint density at radius 3 is 2.50 bits per heavy atom. The molecule has 0 aliphatic carbocycles. The number of aromatic nitrogens is 2. The summed E-state index contributed by atoms with van der Waals surface area (Å²) >= 11 is 0. The molecule has 3 heteroatoms. The summed E-state index contributed by atoms with van der Waals surface area (Å²) in [6.07, 6.45) is 1.05. The van der Waals surface area contributed by atoms with Gasteiger partial charge in [0.25, 0.3) is 0 Å². The molecule has 0 unspecified atom stereocenters. The molecule has 0 radical (unpaired) electrons. The molecule has 20 heavy (non-hydrogen) atoms. The highest BCUT2D eigenvalue weighted by Gasteiger charge is 2.06. The van der Waals surface area contributed by atoms with E-state index in [1.165, 1.54) is 5.56 Å². The molecule has 100 valence electrons. The van der Waals surface area contributed by atoms with Crippen molar-refractivity contribution >= 4 is 5.69 Å². The van der Waals surface area contributed by atoms with E-state index in [0.717, 1.165) is 34.6 Å². The van der Waals surface area contributed by atoms with Crippen LogP contribution in [-0.4, -0.2) is 10.2 Å². The first-order chi connectivity index (χ1) is 9.76. The fraction of sp³-hybridized carbons (Fsp3) is 0.118. The molecular weight excluding hydrogens is 246 g/mol. The van der Waals surface area contributed by atoms with Gasteiger partial charge >= 0.3 is 0 Å². The van der Waals surface area contributed by atoms with Crippen molar-refractivity contribution < 1.29 is 0 Å². The van der Waals surface area contributed by atoms with E-state index < -0.39 is 0 Å². The third kappa shape index (κ3) is 2.43. The van der Waals surface area contributed by atoms with Gasteiger partial charge in [-0.25, -0.2) is 0 Å². The zero-order valence-corrected chi connectivity index (χ0v) is 11.4. The maximum Gasteiger partial charge on any atom is 0.0927 e. The number of benzene rings is 2. The van der Waals surface area contributed by atoms with Gasteiger partial charge in [-0.2, -0.15) is 5.10 Å².